The van der Waals surface area contributed by atoms with E-state index in [-0.39, 0.29) is 0 Å². The molecule has 0 saturated heterocycles. The molecule has 1 N–H and O–H groups in total. The third-order valence-corrected chi connectivity index (χ3v) is 4.73. The van der Waals surface area contributed by atoms with Crippen LogP contribution in [0.15, 0.2) is 0 Å². The molecule has 3 aromatic rings. The van der Waals surface area contributed by atoms with E-state index in [1.165, 1.54) is 12.8 Å². The van der Waals surface area contributed by atoms with E-state index < -0.39 is 0 Å². The van der Waals surface area contributed by atoms with Gasteiger partial charge in [0.15, 0.2) is 5.82 Å². The summed E-state index contributed by atoms with van der Waals surface area (Å²) in [5, 5.41) is 12.6. The van der Waals surface area contributed by atoms with Crippen molar-refractivity contribution in [3.63, 3.8) is 0 Å². The Kier molecular flexibility index (Phi) is 3.33. The van der Waals surface area contributed by atoms with E-state index in [2.05, 4.69) is 29.4 Å². The molecule has 24 heavy (non-hydrogen) atoms. The van der Waals surface area contributed by atoms with Gasteiger partial charge in [0.05, 0.1) is 22.8 Å². The summed E-state index contributed by atoms with van der Waals surface area (Å²) in [7, 11) is 1.94. The largest absolute Gasteiger partial charge is 0.335 e. The number of anilines is 2. The van der Waals surface area contributed by atoms with E-state index >= 15 is 0 Å². The third kappa shape index (κ3) is 2.26. The minimum absolute atomic E-state index is 0.495. The maximum atomic E-state index is 4.83. The average molecular weight is 325 g/mol. The summed E-state index contributed by atoms with van der Waals surface area (Å²) in [4.78, 5) is 9.60. The first-order chi connectivity index (χ1) is 11.5. The molecule has 0 aliphatic heterocycles. The molecular formula is C17H23N7. The normalized spacial score (nSPS) is 14.5. The summed E-state index contributed by atoms with van der Waals surface area (Å²) >= 11 is 0. The van der Waals surface area contributed by atoms with Crippen LogP contribution in [0, 0.1) is 20.8 Å². The molecule has 1 aliphatic rings. The van der Waals surface area contributed by atoms with E-state index in [9.17, 15) is 0 Å². The van der Waals surface area contributed by atoms with Gasteiger partial charge in [-0.15, -0.1) is 0 Å². The van der Waals surface area contributed by atoms with Crippen molar-refractivity contribution < 1.29 is 0 Å². The molecule has 0 amide bonds. The predicted octanol–water partition coefficient (Wildman–Crippen LogP) is 3.13. The number of hydrogen-bond acceptors (Lipinski definition) is 5. The molecule has 7 nitrogen and oxygen atoms in total. The molecule has 4 rings (SSSR count). The Bertz CT molecular complexity index is 930. The van der Waals surface area contributed by atoms with Gasteiger partial charge in [0.1, 0.15) is 16.9 Å². The SMILES string of the molecule is CCn1nc(C)c(Nc2nc(C3CC3)nc3c(C)nn(C)c23)c1C. The Balaban J connectivity index is 1.88. The second-order valence-corrected chi connectivity index (χ2v) is 6.60. The van der Waals surface area contributed by atoms with Gasteiger partial charge in [-0.05, 0) is 40.5 Å². The van der Waals surface area contributed by atoms with E-state index in [1.807, 2.05) is 30.3 Å². The topological polar surface area (TPSA) is 73.5 Å². The highest BCUT2D eigenvalue weighted by molar-refractivity contribution is 5.89. The summed E-state index contributed by atoms with van der Waals surface area (Å²) < 4.78 is 3.87. The maximum absolute atomic E-state index is 4.83. The number of aryl methyl sites for hydroxylation is 4. The quantitative estimate of drug-likeness (QED) is 0.798. The highest BCUT2D eigenvalue weighted by Crippen LogP contribution is 2.40. The van der Waals surface area contributed by atoms with Crippen LogP contribution in [-0.2, 0) is 13.6 Å². The molecule has 1 fully saturated rings. The molecule has 0 radical (unpaired) electrons. The van der Waals surface area contributed by atoms with Gasteiger partial charge in [-0.3, -0.25) is 9.36 Å². The molecule has 0 spiro atoms. The van der Waals surface area contributed by atoms with Crippen molar-refractivity contribution in [2.24, 2.45) is 7.05 Å². The van der Waals surface area contributed by atoms with Gasteiger partial charge in [0, 0.05) is 19.5 Å². The van der Waals surface area contributed by atoms with Crippen LogP contribution in [-0.4, -0.2) is 29.5 Å². The zero-order valence-corrected chi connectivity index (χ0v) is 14.9. The van der Waals surface area contributed by atoms with Gasteiger partial charge in [-0.1, -0.05) is 0 Å². The lowest BCUT2D eigenvalue weighted by Gasteiger charge is -2.10. The summed E-state index contributed by atoms with van der Waals surface area (Å²) in [5.41, 5.74) is 5.95. The van der Waals surface area contributed by atoms with E-state index in [1.54, 1.807) is 0 Å². The average Bonchev–Trinajstić information content (AvgIpc) is 3.31. The smallest absolute Gasteiger partial charge is 0.160 e. The number of rotatable bonds is 4. The van der Waals surface area contributed by atoms with Crippen LogP contribution in [0.5, 0.6) is 0 Å². The predicted molar refractivity (Wildman–Crippen MR) is 93.7 cm³/mol. The first kappa shape index (κ1) is 15.1. The van der Waals surface area contributed by atoms with Gasteiger partial charge >= 0.3 is 0 Å². The van der Waals surface area contributed by atoms with Crippen LogP contribution in [0.4, 0.5) is 11.5 Å². The lowest BCUT2D eigenvalue weighted by Crippen LogP contribution is -2.04. The number of hydrogen-bond donors (Lipinski definition) is 1. The lowest BCUT2D eigenvalue weighted by atomic mass is 10.2. The highest BCUT2D eigenvalue weighted by Gasteiger charge is 2.29. The van der Waals surface area contributed by atoms with Crippen molar-refractivity contribution in [2.45, 2.75) is 53.0 Å². The van der Waals surface area contributed by atoms with Gasteiger partial charge < -0.3 is 5.32 Å². The van der Waals surface area contributed by atoms with E-state index in [4.69, 9.17) is 9.97 Å². The summed E-state index contributed by atoms with van der Waals surface area (Å²) in [6.45, 7) is 9.06. The van der Waals surface area contributed by atoms with Gasteiger partial charge in [0.2, 0.25) is 0 Å². The second-order valence-electron chi connectivity index (χ2n) is 6.60. The van der Waals surface area contributed by atoms with Gasteiger partial charge in [0.25, 0.3) is 0 Å². The number of aromatic nitrogens is 6. The summed E-state index contributed by atoms with van der Waals surface area (Å²) in [6.07, 6.45) is 2.35. The Morgan fingerprint density at radius 1 is 1.08 bits per heavy atom. The minimum Gasteiger partial charge on any atom is -0.335 e. The maximum Gasteiger partial charge on any atom is 0.160 e. The zero-order chi connectivity index (χ0) is 17.0. The van der Waals surface area contributed by atoms with Crippen LogP contribution in [0.1, 0.15) is 48.6 Å². The zero-order valence-electron chi connectivity index (χ0n) is 14.9. The van der Waals surface area contributed by atoms with Crippen LogP contribution in [0.2, 0.25) is 0 Å². The van der Waals surface area contributed by atoms with Crippen LogP contribution >= 0.6 is 0 Å². The molecule has 3 heterocycles. The van der Waals surface area contributed by atoms with E-state index in [0.29, 0.717) is 5.92 Å². The molecule has 1 aliphatic carbocycles. The molecule has 3 aromatic heterocycles. The van der Waals surface area contributed by atoms with Crippen molar-refractivity contribution in [3.8, 4) is 0 Å². The summed E-state index contributed by atoms with van der Waals surface area (Å²) in [5.74, 6) is 2.25. The Hall–Kier alpha value is -2.44. The van der Waals surface area contributed by atoms with Crippen molar-refractivity contribution in [3.05, 3.63) is 22.9 Å². The summed E-state index contributed by atoms with van der Waals surface area (Å²) in [6, 6.07) is 0. The highest BCUT2D eigenvalue weighted by atomic mass is 15.3. The van der Waals surface area contributed by atoms with Crippen molar-refractivity contribution >= 4 is 22.5 Å². The molecule has 0 atom stereocenters. The Morgan fingerprint density at radius 2 is 1.83 bits per heavy atom. The van der Waals surface area contributed by atoms with Crippen LogP contribution in [0.3, 0.4) is 0 Å². The molecule has 126 valence electrons. The molecular weight excluding hydrogens is 302 g/mol. The van der Waals surface area contributed by atoms with Crippen molar-refractivity contribution in [1.82, 2.24) is 29.5 Å². The van der Waals surface area contributed by atoms with E-state index in [0.717, 1.165) is 52.0 Å². The second kappa shape index (κ2) is 5.29. The molecule has 7 heteroatoms. The first-order valence-electron chi connectivity index (χ1n) is 8.51. The number of nitrogens with zero attached hydrogens (tertiary/aromatic N) is 6. The lowest BCUT2D eigenvalue weighted by molar-refractivity contribution is 0.634. The Labute approximate surface area is 141 Å². The van der Waals surface area contributed by atoms with Crippen LogP contribution < -0.4 is 5.32 Å². The van der Waals surface area contributed by atoms with Crippen LogP contribution in [0.25, 0.3) is 11.0 Å². The number of nitrogens with one attached hydrogen (secondary N) is 1. The van der Waals surface area contributed by atoms with Crippen molar-refractivity contribution in [1.29, 1.82) is 0 Å². The molecule has 0 aromatic carbocycles. The monoisotopic (exact) mass is 325 g/mol. The van der Waals surface area contributed by atoms with Gasteiger partial charge in [-0.2, -0.15) is 10.2 Å². The standard InChI is InChI=1S/C17H23N7/c1-6-24-11(4)13(9(2)22-24)18-17-15-14(10(3)21-23(15)5)19-16(20-17)12-7-8-12/h12H,6-8H2,1-5H3,(H,18,19,20). The fourth-order valence-corrected chi connectivity index (χ4v) is 3.27. The molecule has 0 unspecified atom stereocenters. The minimum atomic E-state index is 0.495. The van der Waals surface area contributed by atoms with Gasteiger partial charge in [-0.25, -0.2) is 9.97 Å². The fraction of sp³-hybridized carbons (Fsp3) is 0.529. The first-order valence-corrected chi connectivity index (χ1v) is 8.51. The Morgan fingerprint density at radius 3 is 2.46 bits per heavy atom. The third-order valence-electron chi connectivity index (χ3n) is 4.73. The fourth-order valence-electron chi connectivity index (χ4n) is 3.27. The molecule has 0 bridgehead atoms. The van der Waals surface area contributed by atoms with Crippen molar-refractivity contribution in [2.75, 3.05) is 5.32 Å². The molecule has 1 saturated carbocycles. The number of fused-ring (bicyclic) bond motifs is 1.